The lowest BCUT2D eigenvalue weighted by molar-refractivity contribution is -0.193. The molecule has 0 atom stereocenters. The Hall–Kier alpha value is -16.7. The molecule has 590 valence electrons. The maximum atomic E-state index is 13.8. The molecule has 12 aromatic rings. The van der Waals surface area contributed by atoms with Crippen LogP contribution in [0.25, 0.3) is 110 Å². The molecule has 0 amide bonds. The van der Waals surface area contributed by atoms with Crippen molar-refractivity contribution in [2.45, 2.75) is 47.0 Å². The summed E-state index contributed by atoms with van der Waals surface area (Å²) in [5, 5.41) is 70.6. The van der Waals surface area contributed by atoms with E-state index in [2.05, 4.69) is 41.2 Å². The first-order valence-corrected chi connectivity index (χ1v) is 35.9. The van der Waals surface area contributed by atoms with Crippen LogP contribution in [0.5, 0.6) is 11.5 Å². The normalized spacial score (nSPS) is 10.7. The summed E-state index contributed by atoms with van der Waals surface area (Å²) in [4.78, 5) is 156. The van der Waals surface area contributed by atoms with Gasteiger partial charge in [0.2, 0.25) is 0 Å². The van der Waals surface area contributed by atoms with E-state index in [1.807, 2.05) is 80.6 Å². The number of pyridine rings is 4. The number of carbonyl (C=O) groups is 5. The standard InChI is InChI=1S/C45H34N4O8.C42H30N4O7.3CO2/c1-23-10-13-27(44(53)54)30(20-23)39-28-14-18-37(51)31(21-46-34-8-4-6-25-11-16-33(24(2)50)48-40(25)34)42(28)57-43-29(39)15-19-38(52)32(43)22-47-35-9-5-7-26-12-17-36(45(55)56-3)49-41(26)35;1-22-10-12-25(41(49)50)28(19-22)36-26-13-16-34(47)29(20-44-31-8-2-5-23-7-4-18-43-37(23)31)39(26)53-40-27(36)14-17-35(48)30(40)21-45-32-9-3-6-24-11-15-33(42(51)52)46-38(24)32;3*2-1-3/h4-20,46-47,52H,21-22H2,1-3H3,(H,53,54);2-19,44-45,48H,20-21H2,1H3,(H,49,50)(H,51,52);;;. The van der Waals surface area contributed by atoms with Crippen LogP contribution in [0.4, 0.5) is 22.7 Å². The van der Waals surface area contributed by atoms with Crippen LogP contribution >= 0.6 is 0 Å². The van der Waals surface area contributed by atoms with Gasteiger partial charge in [-0.2, -0.15) is 28.8 Å². The fraction of sp³-hybridized carbons (Fsp3) is 0.0889. The number of phenolic OH excluding ortho intramolecular Hbond substituents is 2. The number of nitrogens with zero attached hydrogens (tertiary/aromatic N) is 4. The van der Waals surface area contributed by atoms with Crippen LogP contribution in [0.1, 0.15) is 92.5 Å². The van der Waals surface area contributed by atoms with Crippen LogP contribution in [0, 0.1) is 13.8 Å². The van der Waals surface area contributed by atoms with E-state index in [-0.39, 0.29) is 124 Å². The molecule has 0 fully saturated rings. The fourth-order valence-electron chi connectivity index (χ4n) is 13.9. The second-order valence-corrected chi connectivity index (χ2v) is 26.5. The number of benzene rings is 10. The highest BCUT2D eigenvalue weighted by molar-refractivity contribution is 6.11. The number of anilines is 4. The van der Waals surface area contributed by atoms with Gasteiger partial charge in [-0.1, -0.05) is 108 Å². The first-order chi connectivity index (χ1) is 57.4. The summed E-state index contributed by atoms with van der Waals surface area (Å²) in [7, 11) is 1.28. The number of carbonyl (C=O) groups excluding carboxylic acids is 8. The van der Waals surface area contributed by atoms with E-state index >= 15 is 0 Å². The minimum absolute atomic E-state index is 0.00163. The van der Waals surface area contributed by atoms with E-state index in [1.54, 1.807) is 115 Å². The number of carboxylic acid groups (broad SMARTS) is 3. The average Bonchev–Trinajstić information content (AvgIpc) is 0.734. The molecule has 16 rings (SSSR count). The number of ether oxygens (including phenoxy) is 1. The molecule has 119 heavy (non-hydrogen) atoms. The number of aromatic nitrogens is 4. The van der Waals surface area contributed by atoms with Crippen LogP contribution < -0.4 is 32.1 Å². The Kier molecular flexibility index (Phi) is 24.7. The Balaban J connectivity index is 0.000000199. The van der Waals surface area contributed by atoms with Crippen molar-refractivity contribution >= 4 is 136 Å². The van der Waals surface area contributed by atoms with Gasteiger partial charge in [0.25, 0.3) is 0 Å². The number of carboxylic acids is 3. The van der Waals surface area contributed by atoms with Crippen molar-refractivity contribution in [2.75, 3.05) is 28.4 Å². The van der Waals surface area contributed by atoms with E-state index in [4.69, 9.17) is 42.3 Å². The molecule has 2 aliphatic carbocycles. The Morgan fingerprint density at radius 2 is 0.765 bits per heavy atom. The van der Waals surface area contributed by atoms with E-state index in [0.717, 1.165) is 32.8 Å². The summed E-state index contributed by atoms with van der Waals surface area (Å²) in [6.45, 7) is 5.21. The number of phenols is 2. The van der Waals surface area contributed by atoms with Crippen molar-refractivity contribution in [3.63, 3.8) is 0 Å². The Bertz CT molecular complexity index is 6910. The number of hydrogen-bond acceptors (Lipinski definition) is 26. The number of para-hydroxylation sites is 4. The van der Waals surface area contributed by atoms with Crippen molar-refractivity contribution in [1.29, 1.82) is 0 Å². The SMILES string of the molecule is COC(=O)c1ccc2cccc(NCc3c(O)ccc4c(-c5cc(C)ccc5C(=O)O)c5ccc(=O)c(CNc6cccc7ccc(C(C)=O)nc67)c-5oc34)c2n1.Cc1ccc(C(=O)O)c(-c2c3ccc(=O)c(CNc4cccc5cccnc45)c-3oc3c(CNc4cccc5ccc(C(=O)O)nc45)c(O)ccc23)c1.O=C=O.O=C=O.O=C=O. The predicted molar refractivity (Wildman–Crippen MR) is 435 cm³/mol. The molecule has 4 aliphatic rings. The molecule has 0 spiro atoms. The summed E-state index contributed by atoms with van der Waals surface area (Å²) in [5.74, 6) is -4.02. The van der Waals surface area contributed by atoms with Crippen LogP contribution in [0.15, 0.2) is 231 Å². The number of ketones is 1. The maximum Gasteiger partial charge on any atom is 0.373 e. The molecular formula is C90H64N8O21. The number of hydrogen-bond donors (Lipinski definition) is 9. The molecule has 0 saturated heterocycles. The highest BCUT2D eigenvalue weighted by Gasteiger charge is 2.30. The van der Waals surface area contributed by atoms with Gasteiger partial charge >= 0.3 is 42.3 Å². The molecule has 4 aromatic heterocycles. The van der Waals surface area contributed by atoms with Gasteiger partial charge in [0.1, 0.15) is 51.3 Å². The van der Waals surface area contributed by atoms with E-state index in [0.29, 0.717) is 111 Å². The number of methoxy groups -OCH3 is 1. The zero-order chi connectivity index (χ0) is 84.9. The Morgan fingerprint density at radius 1 is 0.403 bits per heavy atom. The van der Waals surface area contributed by atoms with Crippen LogP contribution in [0.2, 0.25) is 0 Å². The van der Waals surface area contributed by atoms with Crippen molar-refractivity contribution in [2.24, 2.45) is 0 Å². The van der Waals surface area contributed by atoms with Gasteiger partial charge in [0.15, 0.2) is 16.6 Å². The lowest BCUT2D eigenvalue weighted by Gasteiger charge is -2.21. The first-order valence-electron chi connectivity index (χ1n) is 35.9. The number of rotatable bonds is 19. The second-order valence-electron chi connectivity index (χ2n) is 26.5. The third-order valence-electron chi connectivity index (χ3n) is 19.3. The molecule has 29 heteroatoms. The summed E-state index contributed by atoms with van der Waals surface area (Å²) in [5.41, 5.74) is 10.5. The summed E-state index contributed by atoms with van der Waals surface area (Å²) in [6, 6.07) is 58.4. The largest absolute Gasteiger partial charge is 0.507 e. The van der Waals surface area contributed by atoms with Gasteiger partial charge in [0.05, 0.1) is 85.3 Å². The lowest BCUT2D eigenvalue weighted by atomic mass is 9.87. The Labute approximate surface area is 671 Å². The van der Waals surface area contributed by atoms with Crippen molar-refractivity contribution in [3.8, 4) is 56.4 Å². The topological polar surface area (TPSA) is 458 Å². The van der Waals surface area contributed by atoms with Crippen molar-refractivity contribution in [1.82, 2.24) is 19.9 Å². The second kappa shape index (κ2) is 36.0. The van der Waals surface area contributed by atoms with E-state index in [1.165, 1.54) is 44.4 Å². The number of aromatic carboxylic acids is 3. The van der Waals surface area contributed by atoms with E-state index in [9.17, 15) is 59.1 Å². The summed E-state index contributed by atoms with van der Waals surface area (Å²) < 4.78 is 18.3. The minimum atomic E-state index is -1.16. The lowest BCUT2D eigenvalue weighted by Crippen LogP contribution is -2.15. The van der Waals surface area contributed by atoms with Crippen LogP contribution in [-0.4, -0.2) is 101 Å². The number of aryl methyl sites for hydroxylation is 2. The van der Waals surface area contributed by atoms with Gasteiger partial charge in [-0.15, -0.1) is 0 Å². The molecule has 0 saturated carbocycles. The van der Waals surface area contributed by atoms with Gasteiger partial charge in [0, 0.05) is 93.9 Å². The zero-order valence-corrected chi connectivity index (χ0v) is 63.1. The van der Waals surface area contributed by atoms with E-state index < -0.39 is 23.9 Å². The molecule has 0 unspecified atom stereocenters. The van der Waals surface area contributed by atoms with Gasteiger partial charge < -0.3 is 60.4 Å². The minimum Gasteiger partial charge on any atom is -0.507 e. The third-order valence-corrected chi connectivity index (χ3v) is 19.3. The number of nitrogens with one attached hydrogen (secondary N) is 4. The third kappa shape index (κ3) is 17.1. The van der Waals surface area contributed by atoms with Crippen LogP contribution in [0.3, 0.4) is 0 Å². The van der Waals surface area contributed by atoms with Gasteiger partial charge in [-0.05, 0) is 134 Å². The molecule has 6 heterocycles. The molecule has 0 radical (unpaired) electrons. The Morgan fingerprint density at radius 3 is 1.16 bits per heavy atom. The quantitative estimate of drug-likeness (QED) is 0.0206. The molecule has 8 aromatic carbocycles. The van der Waals surface area contributed by atoms with Gasteiger partial charge in [-0.25, -0.2) is 34.1 Å². The highest BCUT2D eigenvalue weighted by atomic mass is 16.5. The molecule has 9 N–H and O–H groups in total. The average molecular weight is 1590 g/mol. The number of esters is 1. The molecule has 29 nitrogen and oxygen atoms in total. The van der Waals surface area contributed by atoms with Crippen LogP contribution in [-0.2, 0) is 59.7 Å². The molecule has 2 aliphatic heterocycles. The van der Waals surface area contributed by atoms with Crippen molar-refractivity contribution in [3.05, 3.63) is 294 Å². The number of aromatic hydroxyl groups is 2. The summed E-state index contributed by atoms with van der Waals surface area (Å²) in [6.07, 6.45) is 2.45. The maximum absolute atomic E-state index is 13.8. The molecular weight excluding hydrogens is 1530 g/mol. The monoisotopic (exact) mass is 1590 g/mol. The van der Waals surface area contributed by atoms with Crippen molar-refractivity contribution < 1.29 is 91.8 Å². The summed E-state index contributed by atoms with van der Waals surface area (Å²) >= 11 is 0. The first kappa shape index (κ1) is 81.7. The number of Topliss-reactive ketones (excluding diaryl/α,β-unsaturated/α-hetero) is 1. The zero-order valence-electron chi connectivity index (χ0n) is 63.1. The fourth-order valence-corrected chi connectivity index (χ4v) is 13.9. The van der Waals surface area contributed by atoms with Gasteiger partial charge in [-0.3, -0.25) is 19.4 Å². The predicted octanol–water partition coefficient (Wildman–Crippen LogP) is 15.1. The number of fused-ring (bicyclic) bond motifs is 8. The highest BCUT2D eigenvalue weighted by Crippen LogP contribution is 2.48. The smallest absolute Gasteiger partial charge is 0.373 e. The molecule has 0 bridgehead atoms.